The fraction of sp³-hybridized carbons (Fsp3) is 1.00. The van der Waals surface area contributed by atoms with Crippen LogP contribution in [0.1, 0.15) is 27.7 Å². The van der Waals surface area contributed by atoms with E-state index in [1.54, 1.807) is 27.7 Å². The van der Waals surface area contributed by atoms with Gasteiger partial charge in [-0.05, 0) is 11.8 Å². The molecule has 39 heavy (non-hydrogen) atoms. The first kappa shape index (κ1) is 34.5. The smallest absolute Gasteiger partial charge is 0.187 e. The van der Waals surface area contributed by atoms with Crippen molar-refractivity contribution >= 4 is 0 Å². The minimum Gasteiger partial charge on any atom is -0.394 e. The van der Waals surface area contributed by atoms with E-state index in [1.165, 1.54) is 0 Å². The maximum Gasteiger partial charge on any atom is 0.187 e. The predicted molar refractivity (Wildman–Crippen MR) is 128 cm³/mol. The van der Waals surface area contributed by atoms with Crippen LogP contribution in [0, 0.1) is 11.8 Å². The Morgan fingerprint density at radius 1 is 0.564 bits per heavy atom. The van der Waals surface area contributed by atoms with Crippen molar-refractivity contribution in [1.82, 2.24) is 0 Å². The topological polar surface area (TPSA) is 219 Å². The molecular weight excluding hydrogens is 532 g/mol. The standard InChI is InChI=1S/C15H27FO9.C9H17FO4/c1-5(2)13-10(20)11(21)14(7(4-17)23-13)25-15-12(22)9(19)8(18)6(3-16)24-15;1-4(2)9-8(13)7(12)6(11)5(3-10)14-9/h5-15,17-22H,3-4H2,1-2H3;4-9,11-13H,3H2,1-2H3/t6?,7?,8-,9+,10?,11-,12?,13+,14-,15-;5?,6-,7+,8?,9+/m11/s1/i16-1;10-1. The summed E-state index contributed by atoms with van der Waals surface area (Å²) in [6, 6.07) is 0. The van der Waals surface area contributed by atoms with Crippen LogP contribution in [0.15, 0.2) is 0 Å². The maximum atomic E-state index is 12.9. The lowest BCUT2D eigenvalue weighted by Crippen LogP contribution is -2.64. The number of alkyl halides is 2. The number of aliphatic hydroxyl groups excluding tert-OH is 9. The van der Waals surface area contributed by atoms with Gasteiger partial charge in [0.25, 0.3) is 0 Å². The van der Waals surface area contributed by atoms with E-state index >= 15 is 0 Å². The van der Waals surface area contributed by atoms with Crippen molar-refractivity contribution in [3.8, 4) is 0 Å². The molecular formula is C24H44F2O13. The van der Waals surface area contributed by atoms with Gasteiger partial charge >= 0.3 is 0 Å². The summed E-state index contributed by atoms with van der Waals surface area (Å²) in [6.45, 7) is 4.60. The summed E-state index contributed by atoms with van der Waals surface area (Å²) >= 11 is 0. The van der Waals surface area contributed by atoms with Crippen LogP contribution in [0.2, 0.25) is 0 Å². The molecule has 0 aromatic rings. The highest BCUT2D eigenvalue weighted by molar-refractivity contribution is 4.96. The van der Waals surface area contributed by atoms with Gasteiger partial charge in [-0.2, -0.15) is 0 Å². The van der Waals surface area contributed by atoms with Gasteiger partial charge in [-0.1, -0.05) is 27.7 Å². The molecule has 15 atom stereocenters. The number of ether oxygens (including phenoxy) is 4. The Labute approximate surface area is 225 Å². The van der Waals surface area contributed by atoms with Crippen molar-refractivity contribution in [3.63, 3.8) is 0 Å². The highest BCUT2D eigenvalue weighted by atomic mass is 18.2. The third-order valence-electron chi connectivity index (χ3n) is 7.23. The van der Waals surface area contributed by atoms with Gasteiger partial charge in [-0.3, -0.25) is 0 Å². The lowest BCUT2D eigenvalue weighted by Gasteiger charge is -2.46. The molecule has 3 saturated heterocycles. The highest BCUT2D eigenvalue weighted by Crippen LogP contribution is 2.31. The second kappa shape index (κ2) is 15.0. The molecule has 3 heterocycles. The van der Waals surface area contributed by atoms with Crippen molar-refractivity contribution in [2.45, 2.75) is 119 Å². The SMILES string of the molecule is CC(C)[C@@H]1OC(CO)[C@@H](O[C@H]2OC(C[18F])[C@@H](O)[C@H](O)C2O)[C@H](O)C1O.CC(C)[C@@H]1OC(C[18F])[C@@H](O)[C@H](O)C1O. The summed E-state index contributed by atoms with van der Waals surface area (Å²) in [5.41, 5.74) is 0. The lowest BCUT2D eigenvalue weighted by molar-refractivity contribution is -0.342. The van der Waals surface area contributed by atoms with Gasteiger partial charge in [-0.25, -0.2) is 8.78 Å². The van der Waals surface area contributed by atoms with Crippen molar-refractivity contribution in [2.75, 3.05) is 20.0 Å². The molecule has 15 heteroatoms. The number of hydrogen-bond donors (Lipinski definition) is 9. The molecule has 3 aliphatic rings. The predicted octanol–water partition coefficient (Wildman–Crippen LogP) is -3.25. The molecule has 0 amide bonds. The molecule has 0 saturated carbocycles. The Morgan fingerprint density at radius 3 is 1.41 bits per heavy atom. The van der Waals surface area contributed by atoms with Crippen LogP contribution in [-0.2, 0) is 18.9 Å². The number of halogens is 2. The van der Waals surface area contributed by atoms with Crippen molar-refractivity contribution in [2.24, 2.45) is 11.8 Å². The van der Waals surface area contributed by atoms with E-state index in [0.717, 1.165) is 0 Å². The second-order valence-electron chi connectivity index (χ2n) is 10.8. The molecule has 232 valence electrons. The molecule has 0 radical (unpaired) electrons. The zero-order valence-electron chi connectivity index (χ0n) is 22.4. The van der Waals surface area contributed by atoms with Crippen LogP contribution in [0.5, 0.6) is 0 Å². The van der Waals surface area contributed by atoms with E-state index in [1.807, 2.05) is 0 Å². The van der Waals surface area contributed by atoms with Gasteiger partial charge in [0, 0.05) is 0 Å². The van der Waals surface area contributed by atoms with E-state index in [0.29, 0.717) is 0 Å². The van der Waals surface area contributed by atoms with Crippen molar-refractivity contribution in [1.29, 1.82) is 0 Å². The first-order chi connectivity index (χ1) is 18.2. The maximum absolute atomic E-state index is 12.9. The third kappa shape index (κ3) is 7.80. The minimum absolute atomic E-state index is 0.0406. The Kier molecular flexibility index (Phi) is 13.3. The summed E-state index contributed by atoms with van der Waals surface area (Å²) in [4.78, 5) is 0. The van der Waals surface area contributed by atoms with Crippen molar-refractivity contribution in [3.05, 3.63) is 0 Å². The molecule has 0 aliphatic carbocycles. The largest absolute Gasteiger partial charge is 0.394 e. The third-order valence-corrected chi connectivity index (χ3v) is 7.23. The van der Waals surface area contributed by atoms with Crippen molar-refractivity contribution < 1.29 is 73.7 Å². The Hall–Kier alpha value is -0.660. The van der Waals surface area contributed by atoms with E-state index < -0.39 is 112 Å². The van der Waals surface area contributed by atoms with E-state index in [2.05, 4.69) is 0 Å². The molecule has 0 aromatic carbocycles. The highest BCUT2D eigenvalue weighted by Gasteiger charge is 2.51. The zero-order valence-corrected chi connectivity index (χ0v) is 22.4. The van der Waals surface area contributed by atoms with E-state index in [-0.39, 0.29) is 11.8 Å². The molecule has 0 bridgehead atoms. The molecule has 3 rings (SSSR count). The fourth-order valence-electron chi connectivity index (χ4n) is 4.80. The Balaban J connectivity index is 0.000000322. The van der Waals surface area contributed by atoms with E-state index in [9.17, 15) is 54.7 Å². The number of hydrogen-bond acceptors (Lipinski definition) is 13. The molecule has 13 nitrogen and oxygen atoms in total. The number of rotatable bonds is 7. The monoisotopic (exact) mass is 576 g/mol. The van der Waals surface area contributed by atoms with Gasteiger partial charge in [0.05, 0.1) is 18.8 Å². The van der Waals surface area contributed by atoms with Crippen LogP contribution in [0.4, 0.5) is 8.78 Å². The van der Waals surface area contributed by atoms with Crippen LogP contribution in [0.3, 0.4) is 0 Å². The first-order valence-corrected chi connectivity index (χ1v) is 13.0. The quantitative estimate of drug-likeness (QED) is 0.146. The Bertz CT molecular complexity index is 716. The molecule has 6 unspecified atom stereocenters. The van der Waals surface area contributed by atoms with Gasteiger partial charge in [0.15, 0.2) is 6.29 Å². The van der Waals surface area contributed by atoms with Crippen LogP contribution in [0.25, 0.3) is 0 Å². The number of aliphatic hydroxyl groups is 9. The van der Waals surface area contributed by atoms with Gasteiger partial charge in [-0.15, -0.1) is 0 Å². The zero-order chi connectivity index (χ0) is 29.8. The van der Waals surface area contributed by atoms with E-state index in [4.69, 9.17) is 18.9 Å². The summed E-state index contributed by atoms with van der Waals surface area (Å²) in [5, 5.41) is 87.7. The van der Waals surface area contributed by atoms with Crippen LogP contribution >= 0.6 is 0 Å². The lowest BCUT2D eigenvalue weighted by atomic mass is 9.89. The summed E-state index contributed by atoms with van der Waals surface area (Å²) in [5.74, 6) is -0.190. The molecule has 0 spiro atoms. The molecule has 3 fully saturated rings. The second-order valence-corrected chi connectivity index (χ2v) is 10.8. The summed E-state index contributed by atoms with van der Waals surface area (Å²) in [6.07, 6.45) is -19.5. The van der Waals surface area contributed by atoms with Crippen LogP contribution in [-0.4, -0.2) is 158 Å². The molecule has 9 N–H and O–H groups in total. The molecule has 3 aliphatic heterocycles. The average molecular weight is 577 g/mol. The minimum atomic E-state index is -1.72. The first-order valence-electron chi connectivity index (χ1n) is 13.0. The van der Waals surface area contributed by atoms with Crippen LogP contribution < -0.4 is 0 Å². The normalized spacial score (nSPS) is 47.2. The summed E-state index contributed by atoms with van der Waals surface area (Å²) in [7, 11) is 0. The summed E-state index contributed by atoms with van der Waals surface area (Å²) < 4.78 is 46.5. The average Bonchev–Trinajstić information content (AvgIpc) is 2.90. The fourth-order valence-corrected chi connectivity index (χ4v) is 4.80. The van der Waals surface area contributed by atoms with Gasteiger partial charge in [0.1, 0.15) is 86.6 Å². The molecule has 0 aromatic heterocycles. The van der Waals surface area contributed by atoms with Gasteiger partial charge in [0.2, 0.25) is 0 Å². The Morgan fingerprint density at radius 2 is 0.974 bits per heavy atom. The van der Waals surface area contributed by atoms with Gasteiger partial charge < -0.3 is 64.9 Å².